The number of sulfonamides is 1. The molecule has 1 atom stereocenters. The van der Waals surface area contributed by atoms with Crippen LogP contribution in [0.3, 0.4) is 0 Å². The molecule has 0 saturated heterocycles. The van der Waals surface area contributed by atoms with E-state index in [2.05, 4.69) is 10.0 Å². The summed E-state index contributed by atoms with van der Waals surface area (Å²) in [5.74, 6) is 0. The van der Waals surface area contributed by atoms with Gasteiger partial charge in [0.15, 0.2) is 0 Å². The molecule has 104 valence electrons. The number of ether oxygens (including phenoxy) is 1. The average molecular weight is 292 g/mol. The van der Waals surface area contributed by atoms with Crippen LogP contribution in [-0.2, 0) is 21.3 Å². The molecule has 1 heterocycles. The zero-order chi connectivity index (χ0) is 13.6. The van der Waals surface area contributed by atoms with E-state index in [1.54, 1.807) is 13.2 Å². The molecule has 18 heavy (non-hydrogen) atoms. The van der Waals surface area contributed by atoms with E-state index in [1.807, 2.05) is 19.9 Å². The largest absolute Gasteiger partial charge is 0.380 e. The van der Waals surface area contributed by atoms with Crippen molar-refractivity contribution in [1.29, 1.82) is 0 Å². The first kappa shape index (κ1) is 15.6. The summed E-state index contributed by atoms with van der Waals surface area (Å²) in [6, 6.07) is 3.47. The highest BCUT2D eigenvalue weighted by Crippen LogP contribution is 2.21. The van der Waals surface area contributed by atoms with Crippen LogP contribution in [0.1, 0.15) is 18.7 Å². The third-order valence-electron chi connectivity index (χ3n) is 2.41. The maximum absolute atomic E-state index is 12.0. The Balaban J connectivity index is 2.64. The molecule has 0 spiro atoms. The zero-order valence-corrected chi connectivity index (χ0v) is 12.5. The number of rotatable bonds is 8. The van der Waals surface area contributed by atoms with Crippen molar-refractivity contribution in [3.8, 4) is 0 Å². The van der Waals surface area contributed by atoms with Gasteiger partial charge in [0.1, 0.15) is 4.21 Å². The minimum absolute atomic E-state index is 0.138. The molecule has 0 aliphatic rings. The van der Waals surface area contributed by atoms with E-state index in [9.17, 15) is 8.42 Å². The van der Waals surface area contributed by atoms with E-state index in [-0.39, 0.29) is 12.6 Å². The lowest BCUT2D eigenvalue weighted by Crippen LogP contribution is -2.31. The Morgan fingerprint density at radius 3 is 2.78 bits per heavy atom. The highest BCUT2D eigenvalue weighted by Gasteiger charge is 2.17. The van der Waals surface area contributed by atoms with Crippen LogP contribution in [0.4, 0.5) is 0 Å². The minimum Gasteiger partial charge on any atom is -0.380 e. The maximum atomic E-state index is 12.0. The van der Waals surface area contributed by atoms with Crippen LogP contribution in [0.5, 0.6) is 0 Å². The predicted octanol–water partition coefficient (Wildman–Crippen LogP) is 1.17. The molecular formula is C11H20N2O3S2. The van der Waals surface area contributed by atoms with Crippen LogP contribution < -0.4 is 10.0 Å². The second-order valence-electron chi connectivity index (χ2n) is 3.90. The fourth-order valence-electron chi connectivity index (χ4n) is 1.23. The average Bonchev–Trinajstić information content (AvgIpc) is 2.83. The van der Waals surface area contributed by atoms with Crippen molar-refractivity contribution >= 4 is 21.4 Å². The summed E-state index contributed by atoms with van der Waals surface area (Å²) in [6.07, 6.45) is -0.138. The molecule has 1 unspecified atom stereocenters. The van der Waals surface area contributed by atoms with Crippen LogP contribution in [0.15, 0.2) is 16.3 Å². The molecule has 0 fully saturated rings. The van der Waals surface area contributed by atoms with Crippen molar-refractivity contribution in [2.45, 2.75) is 30.7 Å². The van der Waals surface area contributed by atoms with Crippen molar-refractivity contribution in [3.05, 3.63) is 17.0 Å². The Hall–Kier alpha value is -0.470. The van der Waals surface area contributed by atoms with Crippen molar-refractivity contribution in [1.82, 2.24) is 10.0 Å². The van der Waals surface area contributed by atoms with Gasteiger partial charge >= 0.3 is 0 Å². The van der Waals surface area contributed by atoms with Gasteiger partial charge in [-0.3, -0.25) is 0 Å². The maximum Gasteiger partial charge on any atom is 0.250 e. The second-order valence-corrected chi connectivity index (χ2v) is 7.06. The summed E-state index contributed by atoms with van der Waals surface area (Å²) in [6.45, 7) is 5.67. The number of hydrogen-bond acceptors (Lipinski definition) is 5. The molecule has 1 rings (SSSR count). The van der Waals surface area contributed by atoms with Crippen molar-refractivity contribution in [2.24, 2.45) is 0 Å². The Kier molecular flexibility index (Phi) is 6.24. The van der Waals surface area contributed by atoms with E-state index in [0.29, 0.717) is 10.8 Å². The molecule has 0 aliphatic carbocycles. The van der Waals surface area contributed by atoms with Gasteiger partial charge in [-0.1, -0.05) is 6.92 Å². The minimum atomic E-state index is -3.41. The van der Waals surface area contributed by atoms with Gasteiger partial charge in [0, 0.05) is 25.1 Å². The molecular weight excluding hydrogens is 272 g/mol. The first-order valence-electron chi connectivity index (χ1n) is 5.81. The molecule has 1 aromatic heterocycles. The van der Waals surface area contributed by atoms with Gasteiger partial charge in [0.2, 0.25) is 10.0 Å². The Morgan fingerprint density at radius 2 is 2.17 bits per heavy atom. The lowest BCUT2D eigenvalue weighted by atomic mass is 10.4. The Labute approximate surface area is 113 Å². The van der Waals surface area contributed by atoms with Crippen molar-refractivity contribution < 1.29 is 13.2 Å². The molecule has 0 amide bonds. The quantitative estimate of drug-likeness (QED) is 0.755. The van der Waals surface area contributed by atoms with E-state index in [0.717, 1.165) is 11.4 Å². The zero-order valence-electron chi connectivity index (χ0n) is 10.9. The van der Waals surface area contributed by atoms with Gasteiger partial charge in [0.25, 0.3) is 0 Å². The predicted molar refractivity (Wildman–Crippen MR) is 73.4 cm³/mol. The normalized spacial score (nSPS) is 13.7. The molecule has 5 nitrogen and oxygen atoms in total. The van der Waals surface area contributed by atoms with Gasteiger partial charge in [-0.15, -0.1) is 11.3 Å². The third kappa shape index (κ3) is 4.66. The number of hydrogen-bond donors (Lipinski definition) is 2. The standard InChI is InChI=1S/C11H20N2O3S2/c1-4-12-8-10-5-6-11(17-10)18(14,15)13-7-9(2)16-3/h5-6,9,12-13H,4,7-8H2,1-3H3. The number of thiophene rings is 1. The van der Waals surface area contributed by atoms with Crippen LogP contribution in [0.25, 0.3) is 0 Å². The highest BCUT2D eigenvalue weighted by molar-refractivity contribution is 7.91. The molecule has 2 N–H and O–H groups in total. The molecule has 0 bridgehead atoms. The van der Waals surface area contributed by atoms with Gasteiger partial charge in [0.05, 0.1) is 6.10 Å². The molecule has 1 aromatic rings. The monoisotopic (exact) mass is 292 g/mol. The lowest BCUT2D eigenvalue weighted by Gasteiger charge is -2.10. The third-order valence-corrected chi connectivity index (χ3v) is 5.41. The fraction of sp³-hybridized carbons (Fsp3) is 0.636. The van der Waals surface area contributed by atoms with E-state index >= 15 is 0 Å². The van der Waals surface area contributed by atoms with E-state index in [1.165, 1.54) is 11.3 Å². The van der Waals surface area contributed by atoms with E-state index < -0.39 is 10.0 Å². The number of methoxy groups -OCH3 is 1. The van der Waals surface area contributed by atoms with Gasteiger partial charge in [-0.25, -0.2) is 13.1 Å². The number of nitrogens with one attached hydrogen (secondary N) is 2. The smallest absolute Gasteiger partial charge is 0.250 e. The van der Waals surface area contributed by atoms with Gasteiger partial charge in [-0.05, 0) is 25.6 Å². The summed E-state index contributed by atoms with van der Waals surface area (Å²) in [5.41, 5.74) is 0. The van der Waals surface area contributed by atoms with Crippen LogP contribution in [-0.4, -0.2) is 34.7 Å². The topological polar surface area (TPSA) is 67.4 Å². The molecule has 0 aromatic carbocycles. The summed E-state index contributed by atoms with van der Waals surface area (Å²) in [4.78, 5) is 1.01. The SMILES string of the molecule is CCNCc1ccc(S(=O)(=O)NCC(C)OC)s1. The summed E-state index contributed by atoms with van der Waals surface area (Å²) in [7, 11) is -1.85. The fourth-order valence-corrected chi connectivity index (χ4v) is 3.71. The first-order valence-corrected chi connectivity index (χ1v) is 8.11. The molecule has 7 heteroatoms. The van der Waals surface area contributed by atoms with Gasteiger partial charge in [-0.2, -0.15) is 0 Å². The first-order chi connectivity index (χ1) is 8.49. The summed E-state index contributed by atoms with van der Waals surface area (Å²) >= 11 is 1.29. The van der Waals surface area contributed by atoms with E-state index in [4.69, 9.17) is 4.74 Å². The lowest BCUT2D eigenvalue weighted by molar-refractivity contribution is 0.122. The highest BCUT2D eigenvalue weighted by atomic mass is 32.2. The Bertz CT molecular complexity index is 457. The van der Waals surface area contributed by atoms with Gasteiger partial charge < -0.3 is 10.1 Å². The second kappa shape index (κ2) is 7.20. The summed E-state index contributed by atoms with van der Waals surface area (Å²) in [5, 5.41) is 3.16. The van der Waals surface area contributed by atoms with Crippen molar-refractivity contribution in [3.63, 3.8) is 0 Å². The van der Waals surface area contributed by atoms with Crippen LogP contribution in [0, 0.1) is 0 Å². The molecule has 0 saturated carbocycles. The molecule has 0 radical (unpaired) electrons. The van der Waals surface area contributed by atoms with Crippen molar-refractivity contribution in [2.75, 3.05) is 20.2 Å². The summed E-state index contributed by atoms with van der Waals surface area (Å²) < 4.78 is 31.8. The molecule has 0 aliphatic heterocycles. The van der Waals surface area contributed by atoms with Crippen LogP contribution in [0.2, 0.25) is 0 Å². The van der Waals surface area contributed by atoms with Crippen LogP contribution >= 0.6 is 11.3 Å². The Morgan fingerprint density at radius 1 is 1.44 bits per heavy atom.